The Morgan fingerprint density at radius 3 is 2.20 bits per heavy atom. The van der Waals surface area contributed by atoms with E-state index in [1.165, 1.54) is 11.3 Å². The van der Waals surface area contributed by atoms with Crippen molar-refractivity contribution in [3.8, 4) is 0 Å². The second-order valence-corrected chi connectivity index (χ2v) is 9.22. The van der Waals surface area contributed by atoms with Crippen LogP contribution in [-0.2, 0) is 0 Å². The molecule has 6 heteroatoms. The van der Waals surface area contributed by atoms with Crippen molar-refractivity contribution in [1.82, 2.24) is 9.97 Å². The van der Waals surface area contributed by atoms with Gasteiger partial charge in [0.2, 0.25) is 0 Å². The van der Waals surface area contributed by atoms with E-state index in [0.717, 1.165) is 58.7 Å². The summed E-state index contributed by atoms with van der Waals surface area (Å²) in [7, 11) is 0. The number of rotatable bonds is 2. The van der Waals surface area contributed by atoms with Gasteiger partial charge < -0.3 is 4.90 Å². The van der Waals surface area contributed by atoms with E-state index >= 15 is 0 Å². The molecular formula is C29H22N4O2. The summed E-state index contributed by atoms with van der Waals surface area (Å²) < 4.78 is 0. The van der Waals surface area contributed by atoms with Crippen molar-refractivity contribution in [3.63, 3.8) is 0 Å². The molecular weight excluding hydrogens is 436 g/mol. The van der Waals surface area contributed by atoms with Gasteiger partial charge in [0.15, 0.2) is 0 Å². The van der Waals surface area contributed by atoms with Crippen LogP contribution in [0.2, 0.25) is 0 Å². The predicted octanol–water partition coefficient (Wildman–Crippen LogP) is 5.73. The topological polar surface area (TPSA) is 66.4 Å². The molecule has 2 aliphatic rings. The fourth-order valence-corrected chi connectivity index (χ4v) is 5.65. The molecule has 0 saturated carbocycles. The standard InChI is InChI=1S/C29H22N4O2/c34-28-21-9-4-8-19-23(32-15-2-1-3-16-32)12-11-22(25(19)21)29(35)33(28)24-17-18-7-5-13-30-26(18)27-20(24)10-6-14-31-27/h4-14,17H,1-3,15-16H2. The summed E-state index contributed by atoms with van der Waals surface area (Å²) >= 11 is 0. The van der Waals surface area contributed by atoms with Gasteiger partial charge in [-0.2, -0.15) is 0 Å². The second-order valence-electron chi connectivity index (χ2n) is 9.22. The molecule has 5 aromatic rings. The van der Waals surface area contributed by atoms with Gasteiger partial charge in [0.1, 0.15) is 0 Å². The largest absolute Gasteiger partial charge is 0.371 e. The van der Waals surface area contributed by atoms with Crippen LogP contribution in [0, 0.1) is 0 Å². The lowest BCUT2D eigenvalue weighted by Gasteiger charge is -2.32. The van der Waals surface area contributed by atoms with E-state index in [9.17, 15) is 9.59 Å². The van der Waals surface area contributed by atoms with Crippen molar-refractivity contribution in [3.05, 3.63) is 84.2 Å². The van der Waals surface area contributed by atoms with Gasteiger partial charge in [0, 0.05) is 63.8 Å². The minimum atomic E-state index is -0.308. The molecule has 0 bridgehead atoms. The molecule has 7 rings (SSSR count). The molecule has 170 valence electrons. The second kappa shape index (κ2) is 7.60. The van der Waals surface area contributed by atoms with Crippen LogP contribution in [-0.4, -0.2) is 34.9 Å². The first-order chi connectivity index (χ1) is 17.2. The Morgan fingerprint density at radius 2 is 1.37 bits per heavy atom. The number of fused-ring (bicyclic) bond motifs is 3. The average molecular weight is 459 g/mol. The first kappa shape index (κ1) is 20.1. The molecule has 1 fully saturated rings. The number of carbonyl (C=O) groups excluding carboxylic acids is 2. The minimum Gasteiger partial charge on any atom is -0.371 e. The van der Waals surface area contributed by atoms with E-state index in [0.29, 0.717) is 22.3 Å². The molecule has 3 aromatic carbocycles. The number of hydrogen-bond donors (Lipinski definition) is 0. The van der Waals surface area contributed by atoms with Gasteiger partial charge in [-0.3, -0.25) is 19.6 Å². The number of nitrogens with zero attached hydrogens (tertiary/aromatic N) is 4. The summed E-state index contributed by atoms with van der Waals surface area (Å²) in [5.41, 5.74) is 4.17. The molecule has 0 radical (unpaired) electrons. The molecule has 1 saturated heterocycles. The molecule has 0 unspecified atom stereocenters. The van der Waals surface area contributed by atoms with Gasteiger partial charge in [0.25, 0.3) is 11.8 Å². The van der Waals surface area contributed by atoms with Crippen LogP contribution in [0.25, 0.3) is 32.6 Å². The summed E-state index contributed by atoms with van der Waals surface area (Å²) in [6, 6.07) is 19.1. The maximum Gasteiger partial charge on any atom is 0.266 e. The zero-order chi connectivity index (χ0) is 23.5. The third kappa shape index (κ3) is 2.89. The van der Waals surface area contributed by atoms with E-state index in [2.05, 4.69) is 14.9 Å². The highest BCUT2D eigenvalue weighted by Crippen LogP contribution is 2.40. The predicted molar refractivity (Wildman–Crippen MR) is 138 cm³/mol. The Bertz CT molecular complexity index is 1670. The maximum atomic E-state index is 13.9. The minimum absolute atomic E-state index is 0.308. The van der Waals surface area contributed by atoms with Crippen LogP contribution >= 0.6 is 0 Å². The van der Waals surface area contributed by atoms with E-state index in [-0.39, 0.29) is 11.8 Å². The lowest BCUT2D eigenvalue weighted by atomic mass is 9.91. The smallest absolute Gasteiger partial charge is 0.266 e. The maximum absolute atomic E-state index is 13.9. The van der Waals surface area contributed by atoms with Gasteiger partial charge in [0.05, 0.1) is 16.7 Å². The highest BCUT2D eigenvalue weighted by atomic mass is 16.2. The van der Waals surface area contributed by atoms with E-state index in [1.54, 1.807) is 12.4 Å². The lowest BCUT2D eigenvalue weighted by Crippen LogP contribution is -2.40. The molecule has 35 heavy (non-hydrogen) atoms. The molecule has 2 aliphatic heterocycles. The van der Waals surface area contributed by atoms with Gasteiger partial charge >= 0.3 is 0 Å². The van der Waals surface area contributed by atoms with Gasteiger partial charge in [-0.1, -0.05) is 18.2 Å². The Morgan fingerprint density at radius 1 is 0.657 bits per heavy atom. The summed E-state index contributed by atoms with van der Waals surface area (Å²) in [5.74, 6) is -0.616. The van der Waals surface area contributed by atoms with Crippen LogP contribution in [0.15, 0.2) is 73.1 Å². The fourth-order valence-electron chi connectivity index (χ4n) is 5.65. The molecule has 4 heterocycles. The number of imide groups is 1. The average Bonchev–Trinajstić information content (AvgIpc) is 2.92. The summed E-state index contributed by atoms with van der Waals surface area (Å²) in [6.07, 6.45) is 7.00. The number of aromatic nitrogens is 2. The number of benzene rings is 3. The van der Waals surface area contributed by atoms with Crippen LogP contribution in [0.1, 0.15) is 40.0 Å². The van der Waals surface area contributed by atoms with Gasteiger partial charge in [-0.15, -0.1) is 0 Å². The Labute approximate surface area is 201 Å². The fraction of sp³-hybridized carbons (Fsp3) is 0.172. The molecule has 0 spiro atoms. The van der Waals surface area contributed by atoms with Crippen LogP contribution in [0.5, 0.6) is 0 Å². The molecule has 2 amide bonds. The van der Waals surface area contributed by atoms with Gasteiger partial charge in [-0.25, -0.2) is 4.90 Å². The SMILES string of the molecule is O=C1c2cccc3c(N4CCCCC4)ccc(c23)C(=O)N1c1cc2cccnc2c2ncccc12. The van der Waals surface area contributed by atoms with Crippen LogP contribution in [0.3, 0.4) is 0 Å². The lowest BCUT2D eigenvalue weighted by molar-refractivity contribution is 0.0894. The van der Waals surface area contributed by atoms with Crippen molar-refractivity contribution in [2.75, 3.05) is 22.9 Å². The Kier molecular flexibility index (Phi) is 4.36. The quantitative estimate of drug-likeness (QED) is 0.250. The van der Waals surface area contributed by atoms with Crippen LogP contribution < -0.4 is 9.80 Å². The summed E-state index contributed by atoms with van der Waals surface area (Å²) in [6.45, 7) is 1.99. The molecule has 0 N–H and O–H groups in total. The van der Waals surface area contributed by atoms with E-state index in [4.69, 9.17) is 0 Å². The number of pyridine rings is 2. The monoisotopic (exact) mass is 458 g/mol. The van der Waals surface area contributed by atoms with Gasteiger partial charge in [-0.05, 0) is 61.7 Å². The van der Waals surface area contributed by atoms with Crippen molar-refractivity contribution in [2.45, 2.75) is 19.3 Å². The molecule has 2 aromatic heterocycles. The Hall–Kier alpha value is -4.32. The van der Waals surface area contributed by atoms with E-state index in [1.807, 2.05) is 60.7 Å². The Balaban J connectivity index is 1.45. The zero-order valence-corrected chi connectivity index (χ0v) is 19.1. The summed E-state index contributed by atoms with van der Waals surface area (Å²) in [5, 5.41) is 3.28. The van der Waals surface area contributed by atoms with Crippen molar-refractivity contribution < 1.29 is 9.59 Å². The highest BCUT2D eigenvalue weighted by Gasteiger charge is 2.36. The first-order valence-electron chi connectivity index (χ1n) is 12.0. The number of amides is 2. The number of anilines is 2. The highest BCUT2D eigenvalue weighted by molar-refractivity contribution is 6.38. The molecule has 0 aliphatic carbocycles. The van der Waals surface area contributed by atoms with Crippen molar-refractivity contribution in [2.24, 2.45) is 0 Å². The molecule has 6 nitrogen and oxygen atoms in total. The summed E-state index contributed by atoms with van der Waals surface area (Å²) in [4.78, 5) is 40.6. The third-order valence-electron chi connectivity index (χ3n) is 7.26. The van der Waals surface area contributed by atoms with Crippen LogP contribution in [0.4, 0.5) is 11.4 Å². The van der Waals surface area contributed by atoms with E-state index < -0.39 is 0 Å². The number of carbonyl (C=O) groups is 2. The zero-order valence-electron chi connectivity index (χ0n) is 19.1. The normalized spacial score (nSPS) is 16.0. The van der Waals surface area contributed by atoms with Crippen molar-refractivity contribution >= 4 is 55.8 Å². The first-order valence-corrected chi connectivity index (χ1v) is 12.0. The number of hydrogen-bond acceptors (Lipinski definition) is 5. The molecule has 0 atom stereocenters. The number of piperidine rings is 1. The third-order valence-corrected chi connectivity index (χ3v) is 7.26. The van der Waals surface area contributed by atoms with Crippen molar-refractivity contribution in [1.29, 1.82) is 0 Å².